The minimum Gasteiger partial charge on any atom is -0.454 e. The smallest absolute Gasteiger partial charge is 0.159 e. The van der Waals surface area contributed by atoms with Crippen molar-refractivity contribution in [1.82, 2.24) is 0 Å². The van der Waals surface area contributed by atoms with Crippen molar-refractivity contribution in [2.75, 3.05) is 9.80 Å². The summed E-state index contributed by atoms with van der Waals surface area (Å²) in [5, 5.41) is 16.1. The Morgan fingerprint density at radius 2 is 0.579 bits per heavy atom. The van der Waals surface area contributed by atoms with E-state index in [0.29, 0.717) is 0 Å². The molecule has 4 nitrogen and oxygen atoms in total. The zero-order valence-electron chi connectivity index (χ0n) is 41.1. The van der Waals surface area contributed by atoms with Crippen molar-refractivity contribution in [2.24, 2.45) is 0 Å². The van der Waals surface area contributed by atoms with E-state index >= 15 is 0 Å². The third-order valence-electron chi connectivity index (χ3n) is 15.8. The quantitative estimate of drug-likeness (QED) is 0.142. The van der Waals surface area contributed by atoms with Gasteiger partial charge in [-0.15, -0.1) is 0 Å². The van der Waals surface area contributed by atoms with Gasteiger partial charge in [-0.3, -0.25) is 0 Å². The van der Waals surface area contributed by atoms with Gasteiger partial charge in [0.05, 0.1) is 34.1 Å². The number of furan rings is 2. The van der Waals surface area contributed by atoms with Crippen molar-refractivity contribution in [3.63, 3.8) is 0 Å². The molecule has 14 aromatic carbocycles. The highest BCUT2D eigenvalue weighted by molar-refractivity contribution is 6.30. The molecule has 0 N–H and O–H groups in total. The van der Waals surface area contributed by atoms with E-state index in [4.69, 9.17) is 8.83 Å². The van der Waals surface area contributed by atoms with Gasteiger partial charge in [0, 0.05) is 43.4 Å². The molecule has 0 saturated carbocycles. The minimum atomic E-state index is 0.838. The lowest BCUT2D eigenvalue weighted by Gasteiger charge is -2.31. The van der Waals surface area contributed by atoms with Gasteiger partial charge in [0.1, 0.15) is 11.2 Å². The summed E-state index contributed by atoms with van der Waals surface area (Å²) in [4.78, 5) is 4.88. The van der Waals surface area contributed by atoms with E-state index in [-0.39, 0.29) is 0 Å². The van der Waals surface area contributed by atoms with Crippen LogP contribution in [0, 0.1) is 0 Å². The third kappa shape index (κ3) is 6.31. The fourth-order valence-electron chi connectivity index (χ4n) is 12.5. The van der Waals surface area contributed by atoms with Crippen LogP contribution in [0.2, 0.25) is 0 Å². The molecule has 0 radical (unpaired) electrons. The molecule has 0 unspecified atom stereocenters. The molecule has 0 amide bonds. The molecule has 2 heterocycles. The van der Waals surface area contributed by atoms with E-state index in [9.17, 15) is 0 Å². The van der Waals surface area contributed by atoms with Crippen LogP contribution in [0.4, 0.5) is 34.1 Å². The summed E-state index contributed by atoms with van der Waals surface area (Å²) < 4.78 is 14.1. The number of benzene rings is 14. The fourth-order valence-corrected chi connectivity index (χ4v) is 12.5. The highest BCUT2D eigenvalue weighted by atomic mass is 16.3. The molecule has 4 heteroatoms. The van der Waals surface area contributed by atoms with Gasteiger partial charge in [-0.2, -0.15) is 0 Å². The van der Waals surface area contributed by atoms with Crippen LogP contribution in [-0.4, -0.2) is 0 Å². The van der Waals surface area contributed by atoms with Gasteiger partial charge >= 0.3 is 0 Å². The molecule has 76 heavy (non-hydrogen) atoms. The molecular weight excluding hydrogens is 925 g/mol. The van der Waals surface area contributed by atoms with Crippen LogP contribution < -0.4 is 9.80 Å². The number of hydrogen-bond donors (Lipinski definition) is 0. The third-order valence-corrected chi connectivity index (χ3v) is 15.8. The first kappa shape index (κ1) is 42.4. The Hall–Kier alpha value is -10.2. The Labute approximate surface area is 437 Å². The number of nitrogens with zero attached hydrogens (tertiary/aromatic N) is 2. The second kappa shape index (κ2) is 16.7. The van der Waals surface area contributed by atoms with Gasteiger partial charge in [-0.05, 0) is 103 Å². The minimum absolute atomic E-state index is 0.838. The van der Waals surface area contributed by atoms with Gasteiger partial charge < -0.3 is 18.6 Å². The van der Waals surface area contributed by atoms with Crippen LogP contribution in [0.5, 0.6) is 0 Å². The summed E-state index contributed by atoms with van der Waals surface area (Å²) in [7, 11) is 0. The zero-order valence-corrected chi connectivity index (χ0v) is 41.1. The fraction of sp³-hybridized carbons (Fsp3) is 0. The molecule has 0 atom stereocenters. The topological polar surface area (TPSA) is 32.8 Å². The van der Waals surface area contributed by atoms with Gasteiger partial charge in [-0.25, -0.2) is 0 Å². The average Bonchev–Trinajstić information content (AvgIpc) is 4.25. The van der Waals surface area contributed by atoms with Gasteiger partial charge in [0.15, 0.2) is 11.2 Å². The highest BCUT2D eigenvalue weighted by Gasteiger charge is 2.28. The molecule has 16 rings (SSSR count). The maximum absolute atomic E-state index is 7.07. The first-order valence-corrected chi connectivity index (χ1v) is 26.0. The molecule has 16 aromatic rings. The lowest BCUT2D eigenvalue weighted by molar-refractivity contribution is 0.669. The zero-order chi connectivity index (χ0) is 49.8. The van der Waals surface area contributed by atoms with Crippen LogP contribution in [0.25, 0.3) is 120 Å². The monoisotopic (exact) mass is 968 g/mol. The maximum atomic E-state index is 7.07. The van der Waals surface area contributed by atoms with E-state index in [1.165, 1.54) is 43.1 Å². The lowest BCUT2D eigenvalue weighted by Crippen LogP contribution is -2.13. The van der Waals surface area contributed by atoms with Crippen molar-refractivity contribution in [3.05, 3.63) is 267 Å². The lowest BCUT2D eigenvalue weighted by atomic mass is 9.91. The van der Waals surface area contributed by atoms with E-state index in [1.54, 1.807) is 0 Å². The summed E-state index contributed by atoms with van der Waals surface area (Å²) in [6.07, 6.45) is 0. The average molecular weight is 969 g/mol. The number of hydrogen-bond acceptors (Lipinski definition) is 4. The van der Waals surface area contributed by atoms with Gasteiger partial charge in [0.2, 0.25) is 0 Å². The van der Waals surface area contributed by atoms with Crippen LogP contribution in [0.1, 0.15) is 0 Å². The molecule has 0 spiro atoms. The van der Waals surface area contributed by atoms with Crippen molar-refractivity contribution >= 4 is 132 Å². The molecule has 0 aliphatic rings. The molecule has 0 aliphatic heterocycles. The van der Waals surface area contributed by atoms with E-state index in [0.717, 1.165) is 111 Å². The molecular formula is C72H44N2O2. The first-order valence-electron chi connectivity index (χ1n) is 26.0. The summed E-state index contributed by atoms with van der Waals surface area (Å²) in [5.41, 5.74) is 14.1. The largest absolute Gasteiger partial charge is 0.454 e. The molecule has 0 aliphatic carbocycles. The number of fused-ring (bicyclic) bond motifs is 10. The summed E-state index contributed by atoms with van der Waals surface area (Å²) in [6, 6.07) is 96.4. The molecule has 354 valence electrons. The second-order valence-corrected chi connectivity index (χ2v) is 19.9. The normalized spacial score (nSPS) is 11.9. The Kier molecular flexibility index (Phi) is 9.30. The van der Waals surface area contributed by atoms with Crippen LogP contribution >= 0.6 is 0 Å². The highest BCUT2D eigenvalue weighted by Crippen LogP contribution is 2.53. The Morgan fingerprint density at radius 3 is 1.05 bits per heavy atom. The van der Waals surface area contributed by atoms with Gasteiger partial charge in [-0.1, -0.05) is 218 Å². The van der Waals surface area contributed by atoms with Crippen molar-refractivity contribution in [2.45, 2.75) is 0 Å². The van der Waals surface area contributed by atoms with Crippen LogP contribution in [0.15, 0.2) is 276 Å². The van der Waals surface area contributed by atoms with Crippen LogP contribution in [0.3, 0.4) is 0 Å². The molecule has 2 aromatic heterocycles. The first-order chi connectivity index (χ1) is 37.7. The maximum Gasteiger partial charge on any atom is 0.159 e. The standard InChI is InChI=1S/C72H44N2O2/c1-3-17-45(18-4-1)51-23-11-13-29-59(51)73(63-31-15-27-57-69-53-25-9-7-21-47(53)37-43-65(69)75-71(57)63)61-41-35-49-34-40-56-62(42-36-50-33-39-55(61)67(49)68(50)56)74(60-30-14-12-24-52(60)46-19-5-2-6-20-46)64-32-16-28-58-70-54-26-10-8-22-48(54)38-44-66(70)76-72(58)64/h1-44H. The van der Waals surface area contributed by atoms with E-state index in [2.05, 4.69) is 277 Å². The predicted octanol–water partition coefficient (Wildman–Crippen LogP) is 21.0. The van der Waals surface area contributed by atoms with Crippen molar-refractivity contribution in [1.29, 1.82) is 0 Å². The Morgan fingerprint density at radius 1 is 0.211 bits per heavy atom. The number of rotatable bonds is 8. The Bertz CT molecular complexity index is 4640. The molecule has 0 bridgehead atoms. The Balaban J connectivity index is 0.981. The SMILES string of the molecule is c1ccc(-c2ccccc2N(c2ccc3ccc4c(N(c5ccccc5-c5ccccc5)c5cccc6c5oc5ccc7ccccc7c56)ccc5ccc2c3c54)c2cccc3c2oc2ccc4ccccc4c23)cc1. The van der Waals surface area contributed by atoms with E-state index in [1.807, 2.05) is 0 Å². The van der Waals surface area contributed by atoms with Crippen molar-refractivity contribution in [3.8, 4) is 22.3 Å². The molecule has 0 saturated heterocycles. The summed E-state index contributed by atoms with van der Waals surface area (Å²) in [5.74, 6) is 0. The van der Waals surface area contributed by atoms with Gasteiger partial charge in [0.25, 0.3) is 0 Å². The summed E-state index contributed by atoms with van der Waals surface area (Å²) in [6.45, 7) is 0. The molecule has 0 fully saturated rings. The predicted molar refractivity (Wildman–Crippen MR) is 320 cm³/mol. The summed E-state index contributed by atoms with van der Waals surface area (Å²) >= 11 is 0. The van der Waals surface area contributed by atoms with Crippen molar-refractivity contribution < 1.29 is 8.83 Å². The van der Waals surface area contributed by atoms with Crippen LogP contribution in [-0.2, 0) is 0 Å². The second-order valence-electron chi connectivity index (χ2n) is 19.9. The number of anilines is 6. The van der Waals surface area contributed by atoms with E-state index < -0.39 is 0 Å². The number of para-hydroxylation sites is 4.